The Morgan fingerprint density at radius 2 is 1.68 bits per heavy atom. The Balaban J connectivity index is 1.75. The summed E-state index contributed by atoms with van der Waals surface area (Å²) >= 11 is 0. The average molecular weight is 590 g/mol. The van der Waals surface area contributed by atoms with E-state index in [-0.39, 0.29) is 46.4 Å². The van der Waals surface area contributed by atoms with E-state index >= 15 is 0 Å². The maximum absolute atomic E-state index is 13.7. The van der Waals surface area contributed by atoms with Crippen molar-refractivity contribution in [2.24, 2.45) is 5.73 Å². The van der Waals surface area contributed by atoms with Gasteiger partial charge in [0.2, 0.25) is 10.0 Å². The number of benzene rings is 2. The molecule has 1 atom stereocenters. The molecule has 0 radical (unpaired) electrons. The van der Waals surface area contributed by atoms with Crippen LogP contribution >= 0.6 is 0 Å². The number of carbonyl (C=O) groups is 2. The molecule has 2 aromatic carbocycles. The molecule has 41 heavy (non-hydrogen) atoms. The molecule has 14 heteroatoms. The van der Waals surface area contributed by atoms with Crippen molar-refractivity contribution in [3.63, 3.8) is 0 Å². The predicted octanol–water partition coefficient (Wildman–Crippen LogP) is 3.73. The first kappa shape index (κ1) is 29.7. The van der Waals surface area contributed by atoms with Crippen molar-refractivity contribution in [2.75, 3.05) is 11.2 Å². The number of rotatable bonds is 9. The van der Waals surface area contributed by atoms with Gasteiger partial charge < -0.3 is 10.5 Å². The van der Waals surface area contributed by atoms with E-state index in [1.165, 1.54) is 24.3 Å². The summed E-state index contributed by atoms with van der Waals surface area (Å²) in [6.45, 7) is 3.84. The van der Waals surface area contributed by atoms with E-state index < -0.39 is 39.9 Å². The number of sulfonamides is 1. The van der Waals surface area contributed by atoms with Crippen LogP contribution in [0.4, 0.5) is 19.0 Å². The number of Topliss-reactive ketones (excluding diaryl/α,β-unsaturated/α-hetero) is 1. The van der Waals surface area contributed by atoms with E-state index in [1.807, 2.05) is 13.8 Å². The molecule has 0 aliphatic carbocycles. The fraction of sp³-hybridized carbons (Fsp3) is 0.259. The van der Waals surface area contributed by atoms with Crippen LogP contribution in [0.1, 0.15) is 53.0 Å². The van der Waals surface area contributed by atoms with Crippen molar-refractivity contribution in [1.29, 1.82) is 0 Å². The summed E-state index contributed by atoms with van der Waals surface area (Å²) in [5.74, 6) is -1.60. The number of nitrogens with two attached hydrogens (primary N) is 1. The second kappa shape index (κ2) is 11.3. The number of hydrogen-bond acceptors (Lipinski definition) is 8. The second-order valence-corrected chi connectivity index (χ2v) is 11.4. The first-order valence-electron chi connectivity index (χ1n) is 12.3. The van der Waals surface area contributed by atoms with E-state index in [2.05, 4.69) is 19.7 Å². The van der Waals surface area contributed by atoms with Crippen LogP contribution in [0.15, 0.2) is 71.9 Å². The van der Waals surface area contributed by atoms with Gasteiger partial charge in [0, 0.05) is 5.56 Å². The van der Waals surface area contributed by atoms with E-state index in [9.17, 15) is 31.2 Å². The Hall–Kier alpha value is -4.30. The quantitative estimate of drug-likeness (QED) is 0.359. The first-order chi connectivity index (χ1) is 19.1. The van der Waals surface area contributed by atoms with Gasteiger partial charge in [-0.25, -0.2) is 13.1 Å². The van der Waals surface area contributed by atoms with Gasteiger partial charge in [-0.15, -0.1) is 18.3 Å². The van der Waals surface area contributed by atoms with Gasteiger partial charge in [0.1, 0.15) is 11.4 Å². The summed E-state index contributed by atoms with van der Waals surface area (Å²) in [5.41, 5.74) is 7.53. The Morgan fingerprint density at radius 1 is 1.05 bits per heavy atom. The smallest absolute Gasteiger partial charge is 0.406 e. The molecule has 1 aliphatic heterocycles. The molecule has 0 saturated heterocycles. The van der Waals surface area contributed by atoms with Crippen LogP contribution in [0.5, 0.6) is 5.75 Å². The van der Waals surface area contributed by atoms with E-state index in [0.717, 1.165) is 28.9 Å². The van der Waals surface area contributed by atoms with Gasteiger partial charge in [0.05, 0.1) is 30.1 Å². The van der Waals surface area contributed by atoms with Crippen LogP contribution < -0.4 is 20.1 Å². The number of amides is 1. The molecular weight excluding hydrogens is 563 g/mol. The van der Waals surface area contributed by atoms with E-state index in [0.29, 0.717) is 0 Å². The van der Waals surface area contributed by atoms with E-state index in [1.54, 1.807) is 24.3 Å². The molecule has 1 unspecified atom stereocenters. The average Bonchev–Trinajstić information content (AvgIpc) is 3.16. The molecule has 0 saturated carbocycles. The second-order valence-electron chi connectivity index (χ2n) is 9.60. The number of halogens is 3. The molecular formula is C27H26F3N5O5S. The number of alkyl halides is 3. The number of ketones is 1. The molecule has 10 nitrogen and oxygen atoms in total. The lowest BCUT2D eigenvalue weighted by molar-refractivity contribution is -0.274. The molecule has 216 valence electrons. The number of nitrogens with one attached hydrogen (secondary N) is 1. The van der Waals surface area contributed by atoms with Crippen molar-refractivity contribution in [3.05, 3.63) is 94.3 Å². The van der Waals surface area contributed by atoms with Crippen LogP contribution in [0.25, 0.3) is 0 Å². The molecule has 2 heterocycles. The zero-order chi connectivity index (χ0) is 30.1. The number of ether oxygens (including phenoxy) is 1. The van der Waals surface area contributed by atoms with Crippen molar-refractivity contribution < 1.29 is 35.9 Å². The molecule has 4 rings (SSSR count). The van der Waals surface area contributed by atoms with Crippen LogP contribution in [-0.2, 0) is 21.4 Å². The van der Waals surface area contributed by atoms with Gasteiger partial charge in [-0.2, -0.15) is 5.10 Å². The maximum atomic E-state index is 13.7. The van der Waals surface area contributed by atoms with Gasteiger partial charge in [-0.3, -0.25) is 14.5 Å². The summed E-state index contributed by atoms with van der Waals surface area (Å²) in [5, 5.41) is 8.00. The highest BCUT2D eigenvalue weighted by Gasteiger charge is 2.44. The number of carbonyl (C=O) groups excluding carboxylic acids is 2. The monoisotopic (exact) mass is 589 g/mol. The normalized spacial score (nSPS) is 16.0. The molecule has 1 amide bonds. The van der Waals surface area contributed by atoms with Crippen LogP contribution in [0.2, 0.25) is 0 Å². The van der Waals surface area contributed by atoms with Crippen molar-refractivity contribution in [1.82, 2.24) is 14.9 Å². The highest BCUT2D eigenvalue weighted by molar-refractivity contribution is 7.88. The fourth-order valence-electron chi connectivity index (χ4n) is 4.24. The minimum atomic E-state index is -4.91. The zero-order valence-corrected chi connectivity index (χ0v) is 23.0. The third-order valence-electron chi connectivity index (χ3n) is 6.25. The fourth-order valence-corrected chi connectivity index (χ4v) is 4.65. The van der Waals surface area contributed by atoms with Crippen molar-refractivity contribution in [3.8, 4) is 5.75 Å². The third kappa shape index (κ3) is 6.89. The minimum Gasteiger partial charge on any atom is -0.406 e. The van der Waals surface area contributed by atoms with E-state index in [4.69, 9.17) is 5.73 Å². The Morgan fingerprint density at radius 3 is 2.20 bits per heavy atom. The van der Waals surface area contributed by atoms with Gasteiger partial charge in [0.15, 0.2) is 11.6 Å². The summed E-state index contributed by atoms with van der Waals surface area (Å²) in [6, 6.07) is 13.2. The minimum absolute atomic E-state index is 0.0142. The number of anilines is 1. The Labute approximate surface area is 234 Å². The van der Waals surface area contributed by atoms with Gasteiger partial charge >= 0.3 is 6.36 Å². The van der Waals surface area contributed by atoms with Crippen LogP contribution in [0, 0.1) is 0 Å². The Kier molecular flexibility index (Phi) is 8.17. The van der Waals surface area contributed by atoms with Crippen molar-refractivity contribution >= 4 is 27.5 Å². The topological polar surface area (TPSA) is 145 Å². The number of nitrogens with zero attached hydrogens (tertiary/aromatic N) is 3. The molecule has 0 fully saturated rings. The third-order valence-corrected chi connectivity index (χ3v) is 6.92. The van der Waals surface area contributed by atoms with Crippen molar-refractivity contribution in [2.45, 2.75) is 38.7 Å². The van der Waals surface area contributed by atoms with Gasteiger partial charge in [0.25, 0.3) is 5.91 Å². The molecule has 0 spiro atoms. The Bertz CT molecular complexity index is 1590. The van der Waals surface area contributed by atoms with Crippen LogP contribution in [0.3, 0.4) is 0 Å². The largest absolute Gasteiger partial charge is 0.573 e. The lowest BCUT2D eigenvalue weighted by atomic mass is 9.91. The van der Waals surface area contributed by atoms with Gasteiger partial charge in [-0.05, 0) is 41.3 Å². The van der Waals surface area contributed by atoms with Crippen LogP contribution in [-0.4, -0.2) is 42.9 Å². The van der Waals surface area contributed by atoms with Gasteiger partial charge in [-0.1, -0.05) is 50.2 Å². The summed E-state index contributed by atoms with van der Waals surface area (Å²) in [7, 11) is -3.50. The molecule has 1 aromatic heterocycles. The lowest BCUT2D eigenvalue weighted by Crippen LogP contribution is -2.33. The zero-order valence-electron chi connectivity index (χ0n) is 22.1. The lowest BCUT2D eigenvalue weighted by Gasteiger charge is -2.26. The molecule has 0 bridgehead atoms. The summed E-state index contributed by atoms with van der Waals surface area (Å²) in [4.78, 5) is 28.3. The molecule has 1 aliphatic rings. The first-order valence-corrected chi connectivity index (χ1v) is 14.1. The number of hydrogen-bond donors (Lipinski definition) is 2. The number of aromatic nitrogens is 2. The highest BCUT2D eigenvalue weighted by Crippen LogP contribution is 2.41. The maximum Gasteiger partial charge on any atom is 0.573 e. The summed E-state index contributed by atoms with van der Waals surface area (Å²) in [6.07, 6.45) is -3.93. The molecule has 3 aromatic rings. The SMILES string of the molecule is CC(C)c1ccc(C(=O)C2=C(N)C(=O)N(c3ccc(CNS(C)(=O)=O)nn3)C2c2ccc(OC(F)(F)F)cc2)cc1. The predicted molar refractivity (Wildman–Crippen MR) is 143 cm³/mol. The molecule has 3 N–H and O–H groups in total. The highest BCUT2D eigenvalue weighted by atomic mass is 32.2. The standard InChI is InChI=1S/C27H26F3N5O5S/c1-15(2)16-4-6-18(7-5-16)25(36)22-23(31)26(37)35(21-13-10-19(33-34-21)14-32-41(3,38)39)24(22)17-8-11-20(12-9-17)40-27(28,29)30/h4-13,15,24,32H,14,31H2,1-3H3. The summed E-state index contributed by atoms with van der Waals surface area (Å²) < 4.78 is 67.2.